The molecule has 0 N–H and O–H groups in total. The highest BCUT2D eigenvalue weighted by atomic mass is 16.2. The van der Waals surface area contributed by atoms with Crippen LogP contribution < -0.4 is 14.7 Å². The first-order chi connectivity index (χ1) is 13.6. The van der Waals surface area contributed by atoms with Crippen molar-refractivity contribution in [2.75, 3.05) is 67.1 Å². The first-order valence-electron chi connectivity index (χ1n) is 9.87. The van der Waals surface area contributed by atoms with Gasteiger partial charge in [0.15, 0.2) is 5.82 Å². The van der Waals surface area contributed by atoms with Gasteiger partial charge in [-0.25, -0.2) is 0 Å². The van der Waals surface area contributed by atoms with Crippen molar-refractivity contribution in [1.82, 2.24) is 20.1 Å². The first-order valence-corrected chi connectivity index (χ1v) is 9.87. The molecule has 1 aromatic heterocycles. The molecule has 1 amide bonds. The third-order valence-electron chi connectivity index (χ3n) is 5.51. The number of benzene rings is 1. The lowest BCUT2D eigenvalue weighted by Crippen LogP contribution is -2.49. The van der Waals surface area contributed by atoms with Crippen LogP contribution in [-0.2, 0) is 4.79 Å². The molecule has 4 rings (SSSR count). The number of nitrogens with zero attached hydrogens (tertiary/aromatic N) is 7. The van der Waals surface area contributed by atoms with Gasteiger partial charge < -0.3 is 19.6 Å². The summed E-state index contributed by atoms with van der Waals surface area (Å²) in [6.45, 7) is 10.4. The third kappa shape index (κ3) is 4.00. The number of hydrogen-bond acceptors (Lipinski definition) is 7. The van der Waals surface area contributed by atoms with Crippen LogP contribution in [0.3, 0.4) is 0 Å². The Balaban J connectivity index is 1.38. The Morgan fingerprint density at radius 1 is 0.929 bits per heavy atom. The third-order valence-corrected chi connectivity index (χ3v) is 5.51. The van der Waals surface area contributed by atoms with Crippen molar-refractivity contribution in [1.29, 1.82) is 0 Å². The van der Waals surface area contributed by atoms with Gasteiger partial charge in [-0.3, -0.25) is 4.79 Å². The van der Waals surface area contributed by atoms with Crippen LogP contribution in [0.1, 0.15) is 12.5 Å². The van der Waals surface area contributed by atoms with Gasteiger partial charge >= 0.3 is 0 Å². The second-order valence-electron chi connectivity index (χ2n) is 7.42. The largest absolute Gasteiger partial charge is 0.368 e. The monoisotopic (exact) mass is 381 g/mol. The fourth-order valence-electron chi connectivity index (χ4n) is 3.81. The Bertz CT molecular complexity index is 827. The predicted molar refractivity (Wildman–Crippen MR) is 110 cm³/mol. The van der Waals surface area contributed by atoms with E-state index in [9.17, 15) is 4.79 Å². The molecule has 0 spiro atoms. The summed E-state index contributed by atoms with van der Waals surface area (Å²) in [6, 6.07) is 8.64. The fraction of sp³-hybridized carbons (Fsp3) is 0.500. The predicted octanol–water partition coefficient (Wildman–Crippen LogP) is 1.18. The van der Waals surface area contributed by atoms with Gasteiger partial charge in [-0.2, -0.15) is 10.1 Å². The smallest absolute Gasteiger partial charge is 0.247 e. The maximum Gasteiger partial charge on any atom is 0.247 e. The number of carbonyl (C=O) groups is 1. The lowest BCUT2D eigenvalue weighted by molar-refractivity contribution is -0.129. The Labute approximate surface area is 165 Å². The topological polar surface area (TPSA) is 68.7 Å². The van der Waals surface area contributed by atoms with Gasteiger partial charge in [-0.05, 0) is 24.6 Å². The van der Waals surface area contributed by atoms with Gasteiger partial charge in [0.2, 0.25) is 11.9 Å². The highest BCUT2D eigenvalue weighted by Gasteiger charge is 2.23. The maximum atomic E-state index is 11.5. The summed E-state index contributed by atoms with van der Waals surface area (Å²) < 4.78 is 0. The lowest BCUT2D eigenvalue weighted by Gasteiger charge is -2.37. The quantitative estimate of drug-likeness (QED) is 0.791. The summed E-state index contributed by atoms with van der Waals surface area (Å²) in [7, 11) is 0. The van der Waals surface area contributed by atoms with E-state index in [0.29, 0.717) is 5.95 Å². The van der Waals surface area contributed by atoms with Gasteiger partial charge in [0.25, 0.3) is 0 Å². The molecule has 0 radical (unpaired) electrons. The van der Waals surface area contributed by atoms with E-state index in [1.165, 1.54) is 11.3 Å². The van der Waals surface area contributed by atoms with Crippen LogP contribution in [-0.4, -0.2) is 78.3 Å². The molecule has 2 saturated heterocycles. The zero-order valence-electron chi connectivity index (χ0n) is 16.6. The molecule has 8 nitrogen and oxygen atoms in total. The standard InChI is InChI=1S/C20H27N7O/c1-16-4-3-5-18(14-16)25-8-12-27(13-9-25)20-22-19(15-21-23-20)26-10-6-24(7-11-26)17(2)28/h3-5,14-15H,6-13H2,1-2H3. The molecular formula is C20H27N7O. The molecule has 0 aliphatic carbocycles. The highest BCUT2D eigenvalue weighted by Crippen LogP contribution is 2.21. The molecule has 3 heterocycles. The number of amides is 1. The summed E-state index contributed by atoms with van der Waals surface area (Å²) in [4.78, 5) is 24.9. The Kier molecular flexibility index (Phi) is 5.27. The van der Waals surface area contributed by atoms with Crippen LogP contribution >= 0.6 is 0 Å². The van der Waals surface area contributed by atoms with Crippen molar-refractivity contribution in [3.8, 4) is 0 Å². The van der Waals surface area contributed by atoms with Crippen molar-refractivity contribution in [2.24, 2.45) is 0 Å². The van der Waals surface area contributed by atoms with Crippen LogP contribution in [0.5, 0.6) is 0 Å². The summed E-state index contributed by atoms with van der Waals surface area (Å²) in [5.74, 6) is 1.66. The van der Waals surface area contributed by atoms with Crippen LogP contribution in [0.2, 0.25) is 0 Å². The maximum absolute atomic E-state index is 11.5. The normalized spacial score (nSPS) is 17.8. The van der Waals surface area contributed by atoms with E-state index in [4.69, 9.17) is 4.98 Å². The molecule has 2 aliphatic rings. The van der Waals surface area contributed by atoms with Crippen molar-refractivity contribution < 1.29 is 4.79 Å². The molecule has 28 heavy (non-hydrogen) atoms. The summed E-state index contributed by atoms with van der Waals surface area (Å²) >= 11 is 0. The second-order valence-corrected chi connectivity index (χ2v) is 7.42. The second kappa shape index (κ2) is 8.00. The molecule has 0 atom stereocenters. The van der Waals surface area contributed by atoms with Crippen molar-refractivity contribution in [2.45, 2.75) is 13.8 Å². The Morgan fingerprint density at radius 2 is 1.61 bits per heavy atom. The molecule has 2 aliphatic heterocycles. The van der Waals surface area contributed by atoms with Gasteiger partial charge in [0.1, 0.15) is 0 Å². The Morgan fingerprint density at radius 3 is 2.29 bits per heavy atom. The summed E-state index contributed by atoms with van der Waals surface area (Å²) in [5.41, 5.74) is 2.56. The van der Waals surface area contributed by atoms with Gasteiger partial charge in [0, 0.05) is 65.0 Å². The number of hydrogen-bond donors (Lipinski definition) is 0. The van der Waals surface area contributed by atoms with E-state index in [2.05, 4.69) is 56.1 Å². The minimum atomic E-state index is 0.132. The van der Waals surface area contributed by atoms with Gasteiger partial charge in [-0.1, -0.05) is 12.1 Å². The molecule has 148 valence electrons. The zero-order valence-corrected chi connectivity index (χ0v) is 16.6. The number of carbonyl (C=O) groups excluding carboxylic acids is 1. The van der Waals surface area contributed by atoms with E-state index in [-0.39, 0.29) is 5.91 Å². The average Bonchev–Trinajstić information content (AvgIpc) is 2.74. The lowest BCUT2D eigenvalue weighted by atomic mass is 10.2. The van der Waals surface area contributed by atoms with Crippen molar-refractivity contribution >= 4 is 23.4 Å². The molecule has 0 saturated carbocycles. The summed E-state index contributed by atoms with van der Waals surface area (Å²) in [5, 5.41) is 8.46. The number of anilines is 3. The molecule has 0 bridgehead atoms. The first kappa shape index (κ1) is 18.5. The van der Waals surface area contributed by atoms with Crippen LogP contribution in [0, 0.1) is 6.92 Å². The minimum absolute atomic E-state index is 0.132. The summed E-state index contributed by atoms with van der Waals surface area (Å²) in [6.07, 6.45) is 1.72. The molecule has 8 heteroatoms. The number of aromatic nitrogens is 3. The molecule has 1 aromatic carbocycles. The van der Waals surface area contributed by atoms with E-state index < -0.39 is 0 Å². The van der Waals surface area contributed by atoms with E-state index in [1.807, 2.05) is 4.90 Å². The molecular weight excluding hydrogens is 354 g/mol. The van der Waals surface area contributed by atoms with Crippen molar-refractivity contribution in [3.63, 3.8) is 0 Å². The SMILES string of the molecule is CC(=O)N1CCN(c2cnnc(N3CCN(c4cccc(C)c4)CC3)n2)CC1. The van der Waals surface area contributed by atoms with Crippen LogP contribution in [0.25, 0.3) is 0 Å². The van der Waals surface area contributed by atoms with E-state index >= 15 is 0 Å². The van der Waals surface area contributed by atoms with Crippen LogP contribution in [0.15, 0.2) is 30.5 Å². The van der Waals surface area contributed by atoms with Crippen LogP contribution in [0.4, 0.5) is 17.5 Å². The Hall–Kier alpha value is -2.90. The molecule has 2 fully saturated rings. The van der Waals surface area contributed by atoms with Crippen molar-refractivity contribution in [3.05, 3.63) is 36.0 Å². The molecule has 2 aromatic rings. The highest BCUT2D eigenvalue weighted by molar-refractivity contribution is 5.73. The fourth-order valence-corrected chi connectivity index (χ4v) is 3.81. The zero-order chi connectivity index (χ0) is 19.5. The van der Waals surface area contributed by atoms with Gasteiger partial charge in [-0.15, -0.1) is 5.10 Å². The van der Waals surface area contributed by atoms with Gasteiger partial charge in [0.05, 0.1) is 6.20 Å². The minimum Gasteiger partial charge on any atom is -0.368 e. The van der Waals surface area contributed by atoms with E-state index in [0.717, 1.165) is 58.2 Å². The van der Waals surface area contributed by atoms with E-state index in [1.54, 1.807) is 13.1 Å². The number of aryl methyl sites for hydroxylation is 1. The average molecular weight is 381 g/mol. The number of piperazine rings is 2. The number of rotatable bonds is 3. The molecule has 0 unspecified atom stereocenters.